The summed E-state index contributed by atoms with van der Waals surface area (Å²) in [4.78, 5) is 0. The van der Waals surface area contributed by atoms with Gasteiger partial charge < -0.3 is 5.73 Å². The molecule has 0 aliphatic rings. The van der Waals surface area contributed by atoms with Crippen LogP contribution >= 0.6 is 0 Å². The molecular weight excluding hydrogens is 286 g/mol. The second-order valence-corrected chi connectivity index (χ2v) is 7.88. The van der Waals surface area contributed by atoms with E-state index in [-0.39, 0.29) is 17.2 Å². The highest BCUT2D eigenvalue weighted by Crippen LogP contribution is 2.19. The van der Waals surface area contributed by atoms with Crippen LogP contribution in [0, 0.1) is 0 Å². The van der Waals surface area contributed by atoms with E-state index in [9.17, 15) is 16.8 Å². The molecule has 0 fully saturated rings. The van der Waals surface area contributed by atoms with Gasteiger partial charge in [-0.2, -0.15) is 0 Å². The van der Waals surface area contributed by atoms with E-state index in [1.54, 1.807) is 0 Å². The number of hydrogen-bond acceptors (Lipinski definition) is 5. The number of benzene rings is 1. The van der Waals surface area contributed by atoms with Gasteiger partial charge in [0.2, 0.25) is 0 Å². The lowest BCUT2D eigenvalue weighted by atomic mass is 10.1. The van der Waals surface area contributed by atoms with Gasteiger partial charge in [0, 0.05) is 16.5 Å². The van der Waals surface area contributed by atoms with Crippen molar-refractivity contribution in [1.82, 2.24) is 0 Å². The Morgan fingerprint density at radius 1 is 1.00 bits per heavy atom. The molecule has 0 radical (unpaired) electrons. The van der Waals surface area contributed by atoms with Crippen LogP contribution in [-0.4, -0.2) is 16.8 Å². The van der Waals surface area contributed by atoms with Crippen molar-refractivity contribution in [2.75, 3.05) is 5.73 Å². The van der Waals surface area contributed by atoms with Crippen LogP contribution in [0.15, 0.2) is 42.2 Å². The van der Waals surface area contributed by atoms with Crippen molar-refractivity contribution >= 4 is 25.4 Å². The summed E-state index contributed by atoms with van der Waals surface area (Å²) >= 11 is 0. The number of sulfone groups is 2. The molecule has 19 heavy (non-hydrogen) atoms. The molecule has 0 heterocycles. The van der Waals surface area contributed by atoms with Gasteiger partial charge in [-0.05, 0) is 17.2 Å². The third kappa shape index (κ3) is 4.53. The van der Waals surface area contributed by atoms with E-state index in [0.29, 0.717) is 11.1 Å². The Morgan fingerprint density at radius 3 is 2.00 bits per heavy atom. The Bertz CT molecular complexity index is 703. The molecule has 1 aromatic carbocycles. The van der Waals surface area contributed by atoms with Gasteiger partial charge in [0.05, 0.1) is 11.5 Å². The lowest BCUT2D eigenvalue weighted by molar-refractivity contribution is 0.602. The van der Waals surface area contributed by atoms with Gasteiger partial charge in [0.1, 0.15) is 0 Å². The third-order valence-electron chi connectivity index (χ3n) is 2.44. The Morgan fingerprint density at radius 2 is 1.53 bits per heavy atom. The summed E-state index contributed by atoms with van der Waals surface area (Å²) in [5.41, 5.74) is 6.86. The van der Waals surface area contributed by atoms with Gasteiger partial charge in [-0.15, -0.1) is 0 Å². The first kappa shape index (κ1) is 15.5. The largest absolute Gasteiger partial charge is 0.398 e. The molecule has 0 aromatic heterocycles. The molecular formula is C12H15NO4S2. The normalized spacial score (nSPS) is 12.0. The lowest BCUT2D eigenvalue weighted by Gasteiger charge is -2.07. The molecule has 7 heteroatoms. The van der Waals surface area contributed by atoms with Crippen LogP contribution in [0.4, 0.5) is 5.69 Å². The predicted molar refractivity (Wildman–Crippen MR) is 76.5 cm³/mol. The molecule has 0 spiro atoms. The fourth-order valence-corrected chi connectivity index (χ4v) is 3.01. The topological polar surface area (TPSA) is 94.3 Å². The second kappa shape index (κ2) is 5.58. The maximum atomic E-state index is 11.4. The van der Waals surface area contributed by atoms with E-state index < -0.39 is 19.7 Å². The highest BCUT2D eigenvalue weighted by atomic mass is 32.2. The first-order valence-corrected chi connectivity index (χ1v) is 8.70. The van der Waals surface area contributed by atoms with E-state index in [4.69, 9.17) is 5.73 Å². The molecule has 1 aromatic rings. The molecule has 0 saturated heterocycles. The molecule has 1 rings (SSSR count). The number of nitrogens with two attached hydrogens (primary N) is 1. The van der Waals surface area contributed by atoms with Crippen LogP contribution in [-0.2, 0) is 31.2 Å². The zero-order chi connectivity index (χ0) is 14.7. The van der Waals surface area contributed by atoms with Crippen molar-refractivity contribution in [2.45, 2.75) is 11.5 Å². The van der Waals surface area contributed by atoms with Crippen LogP contribution in [0.25, 0.3) is 0 Å². The average molecular weight is 301 g/mol. The van der Waals surface area contributed by atoms with Gasteiger partial charge in [-0.1, -0.05) is 25.3 Å². The summed E-state index contributed by atoms with van der Waals surface area (Å²) in [5, 5.41) is 1.74. The Kier molecular flexibility index (Phi) is 4.54. The SMILES string of the molecule is C=CS(=O)(=O)Cc1ccc(CS(=O)(=O)C=C)c(N)c1. The Hall–Kier alpha value is -1.60. The molecule has 0 atom stereocenters. The minimum Gasteiger partial charge on any atom is -0.398 e. The predicted octanol–water partition coefficient (Wildman–Crippen LogP) is 1.39. The summed E-state index contributed by atoms with van der Waals surface area (Å²) in [6, 6.07) is 4.49. The first-order chi connectivity index (χ1) is 8.69. The average Bonchev–Trinajstić information content (AvgIpc) is 2.32. The van der Waals surface area contributed by atoms with E-state index in [2.05, 4.69) is 13.2 Å². The molecule has 2 N–H and O–H groups in total. The van der Waals surface area contributed by atoms with Crippen LogP contribution in [0.3, 0.4) is 0 Å². The Balaban J connectivity index is 3.05. The van der Waals surface area contributed by atoms with Gasteiger partial charge >= 0.3 is 0 Å². The summed E-state index contributed by atoms with van der Waals surface area (Å²) < 4.78 is 45.5. The molecule has 104 valence electrons. The number of rotatable bonds is 6. The van der Waals surface area contributed by atoms with Gasteiger partial charge in [0.15, 0.2) is 19.7 Å². The minimum atomic E-state index is -3.40. The molecule has 0 aliphatic heterocycles. The van der Waals surface area contributed by atoms with Crippen molar-refractivity contribution in [3.8, 4) is 0 Å². The third-order valence-corrected chi connectivity index (χ3v) is 4.91. The van der Waals surface area contributed by atoms with E-state index in [0.717, 1.165) is 10.8 Å². The number of nitrogen functional groups attached to an aromatic ring is 1. The number of hydrogen-bond donors (Lipinski definition) is 1. The van der Waals surface area contributed by atoms with Gasteiger partial charge in [-0.25, -0.2) is 16.8 Å². The monoisotopic (exact) mass is 301 g/mol. The van der Waals surface area contributed by atoms with Crippen molar-refractivity contribution in [2.24, 2.45) is 0 Å². The molecule has 0 amide bonds. The van der Waals surface area contributed by atoms with E-state index >= 15 is 0 Å². The van der Waals surface area contributed by atoms with Crippen molar-refractivity contribution in [1.29, 1.82) is 0 Å². The smallest absolute Gasteiger partial charge is 0.175 e. The quantitative estimate of drug-likeness (QED) is 0.801. The first-order valence-electron chi connectivity index (χ1n) is 5.27. The highest BCUT2D eigenvalue weighted by Gasteiger charge is 2.12. The minimum absolute atomic E-state index is 0.213. The van der Waals surface area contributed by atoms with Crippen LogP contribution in [0.2, 0.25) is 0 Å². The molecule has 5 nitrogen and oxygen atoms in total. The maximum absolute atomic E-state index is 11.4. The standard InChI is InChI=1S/C12H15NO4S2/c1-3-18(14,15)8-10-5-6-11(12(13)7-10)9-19(16,17)4-2/h3-7H,1-2,8-9,13H2. The number of anilines is 1. The Labute approximate surface area is 113 Å². The lowest BCUT2D eigenvalue weighted by Crippen LogP contribution is -2.05. The molecule has 0 saturated carbocycles. The van der Waals surface area contributed by atoms with Crippen LogP contribution < -0.4 is 5.73 Å². The fraction of sp³-hybridized carbons (Fsp3) is 0.167. The van der Waals surface area contributed by atoms with Crippen LogP contribution in [0.1, 0.15) is 11.1 Å². The summed E-state index contributed by atoms with van der Waals surface area (Å²) in [6.07, 6.45) is 0. The molecule has 0 bridgehead atoms. The van der Waals surface area contributed by atoms with Crippen molar-refractivity contribution < 1.29 is 16.8 Å². The summed E-state index contributed by atoms with van der Waals surface area (Å²) in [5.74, 6) is -0.466. The van der Waals surface area contributed by atoms with Gasteiger partial charge in [0.25, 0.3) is 0 Å². The van der Waals surface area contributed by atoms with E-state index in [1.165, 1.54) is 18.2 Å². The highest BCUT2D eigenvalue weighted by molar-refractivity contribution is 7.93. The van der Waals surface area contributed by atoms with Crippen molar-refractivity contribution in [3.63, 3.8) is 0 Å². The van der Waals surface area contributed by atoms with Crippen molar-refractivity contribution in [3.05, 3.63) is 53.3 Å². The zero-order valence-electron chi connectivity index (χ0n) is 10.2. The fourth-order valence-electron chi connectivity index (χ4n) is 1.43. The van der Waals surface area contributed by atoms with Gasteiger partial charge in [-0.3, -0.25) is 0 Å². The summed E-state index contributed by atoms with van der Waals surface area (Å²) in [6.45, 7) is 6.43. The zero-order valence-corrected chi connectivity index (χ0v) is 11.9. The summed E-state index contributed by atoms with van der Waals surface area (Å²) in [7, 11) is -6.77. The molecule has 0 aliphatic carbocycles. The maximum Gasteiger partial charge on any atom is 0.175 e. The second-order valence-electron chi connectivity index (χ2n) is 3.98. The van der Waals surface area contributed by atoms with Crippen LogP contribution in [0.5, 0.6) is 0 Å². The van der Waals surface area contributed by atoms with E-state index in [1.807, 2.05) is 0 Å². The molecule has 0 unspecified atom stereocenters.